The number of anilines is 2. The van der Waals surface area contributed by atoms with E-state index in [1.807, 2.05) is 73.7 Å². The van der Waals surface area contributed by atoms with Crippen LogP contribution in [0.1, 0.15) is 19.3 Å². The van der Waals surface area contributed by atoms with Crippen molar-refractivity contribution in [2.75, 3.05) is 51.2 Å². The average molecular weight is 591 g/mol. The zero-order chi connectivity index (χ0) is 30.9. The fourth-order valence-electron chi connectivity index (χ4n) is 4.55. The van der Waals surface area contributed by atoms with E-state index in [1.165, 1.54) is 0 Å². The summed E-state index contributed by atoms with van der Waals surface area (Å²) in [6, 6.07) is 11.9. The third kappa shape index (κ3) is 7.70. The van der Waals surface area contributed by atoms with Gasteiger partial charge in [0.1, 0.15) is 22.9 Å². The van der Waals surface area contributed by atoms with E-state index < -0.39 is 0 Å². The Kier molecular flexibility index (Phi) is 10.4. The first-order chi connectivity index (χ1) is 20.7. The third-order valence-electron chi connectivity index (χ3n) is 7.20. The quantitative estimate of drug-likeness (QED) is 0.122. The number of benzene rings is 2. The predicted molar refractivity (Wildman–Crippen MR) is 163 cm³/mol. The molecule has 4 rings (SSSR count). The lowest BCUT2D eigenvalue weighted by Crippen LogP contribution is -2.25. The molecule has 0 atom stereocenters. The molecule has 0 N–H and O–H groups in total. The zero-order valence-corrected chi connectivity index (χ0v) is 26.3. The van der Waals surface area contributed by atoms with Gasteiger partial charge in [0.05, 0.1) is 42.4 Å². The van der Waals surface area contributed by atoms with E-state index in [1.54, 1.807) is 36.2 Å². The second-order valence-corrected chi connectivity index (χ2v) is 10.3. The molecule has 4 aromatic rings. The van der Waals surface area contributed by atoms with E-state index in [-0.39, 0.29) is 0 Å². The van der Waals surface area contributed by atoms with Crippen molar-refractivity contribution >= 4 is 34.6 Å². The summed E-state index contributed by atoms with van der Waals surface area (Å²) < 4.78 is 18.2. The van der Waals surface area contributed by atoms with E-state index in [0.29, 0.717) is 34.8 Å². The summed E-state index contributed by atoms with van der Waals surface area (Å²) in [6.07, 6.45) is 6.62. The minimum atomic E-state index is 0.641. The van der Waals surface area contributed by atoms with Crippen molar-refractivity contribution < 1.29 is 18.6 Å². The summed E-state index contributed by atoms with van der Waals surface area (Å²) in [5.41, 5.74) is 3.47. The minimum absolute atomic E-state index is 0.641. The molecule has 0 saturated carbocycles. The second kappa shape index (κ2) is 14.3. The molecule has 2 heterocycles. The molecule has 14 nitrogen and oxygen atoms in total. The van der Waals surface area contributed by atoms with Crippen LogP contribution >= 0.6 is 0 Å². The number of azo groups is 2. The van der Waals surface area contributed by atoms with Crippen molar-refractivity contribution in [3.05, 3.63) is 49.1 Å². The highest BCUT2D eigenvalue weighted by Crippen LogP contribution is 2.34. The number of hydrogen-bond acceptors (Lipinski definition) is 10. The molecule has 14 heteroatoms. The van der Waals surface area contributed by atoms with Gasteiger partial charge in [-0.3, -0.25) is 0 Å². The highest BCUT2D eigenvalue weighted by molar-refractivity contribution is 5.62. The molecule has 228 valence electrons. The first kappa shape index (κ1) is 31.1. The Morgan fingerprint density at radius 2 is 1.09 bits per heavy atom. The zero-order valence-electron chi connectivity index (χ0n) is 26.3. The average Bonchev–Trinajstić information content (AvgIpc) is 3.51. The number of rotatable bonds is 14. The molecule has 0 radical (unpaired) electrons. The summed E-state index contributed by atoms with van der Waals surface area (Å²) in [5.74, 6) is 2.63. The van der Waals surface area contributed by atoms with Gasteiger partial charge in [-0.25, -0.2) is 9.13 Å². The van der Waals surface area contributed by atoms with Crippen molar-refractivity contribution in [3.8, 4) is 11.5 Å². The molecule has 43 heavy (non-hydrogen) atoms. The molecule has 0 aliphatic heterocycles. The molecule has 0 fully saturated rings. The van der Waals surface area contributed by atoms with Gasteiger partial charge in [-0.05, 0) is 53.7 Å². The van der Waals surface area contributed by atoms with Gasteiger partial charge >= 0.3 is 11.9 Å². The van der Waals surface area contributed by atoms with Crippen LogP contribution in [0.3, 0.4) is 0 Å². The fourth-order valence-corrected chi connectivity index (χ4v) is 4.55. The highest BCUT2D eigenvalue weighted by atomic mass is 16.5. The lowest BCUT2D eigenvalue weighted by molar-refractivity contribution is -0.659. The van der Waals surface area contributed by atoms with E-state index in [9.17, 15) is 0 Å². The molecule has 0 amide bonds. The number of nitrogens with zero attached hydrogens (tertiary/aromatic N) is 12. The Hall–Kier alpha value is -4.88. The van der Waals surface area contributed by atoms with Crippen molar-refractivity contribution in [3.63, 3.8) is 0 Å². The number of hydrogen-bond donors (Lipinski definition) is 0. The number of methoxy groups -OCH3 is 2. The van der Waals surface area contributed by atoms with Crippen LogP contribution in [0, 0.1) is 0 Å². The van der Waals surface area contributed by atoms with Crippen LogP contribution < -0.4 is 28.4 Å². The smallest absolute Gasteiger partial charge is 0.403 e. The van der Waals surface area contributed by atoms with Gasteiger partial charge in [0.2, 0.25) is 12.7 Å². The standard InChI is InChI=1S/C29H42N12O2/c1-36(22-12-14-24(26(18-22)42-7)32-34-28-38(3)20-30-40(28)5)16-10-9-11-17-37(2)23-13-15-25(27(19-23)43-8)33-35-29-39(4)21-31-41(29)6/h12-15,18-21H,9-11,16-17H2,1-8H3/q+2. The SMILES string of the molecule is COc1cc(N(C)CCCCCN(C)c2ccc(N=Nc3n(C)nc[n+]3C)c(OC)c2)ccc1N=Nc1n(C)nc[n+]1C. The number of unbranched alkanes of at least 4 members (excludes halogenated alkanes) is 2. The van der Waals surface area contributed by atoms with Gasteiger partial charge in [-0.2, -0.15) is 0 Å². The number of ether oxygens (including phenoxy) is 2. The largest absolute Gasteiger partial charge is 0.494 e. The maximum absolute atomic E-state index is 5.60. The van der Waals surface area contributed by atoms with Crippen molar-refractivity contribution in [1.29, 1.82) is 0 Å². The van der Waals surface area contributed by atoms with Crippen LogP contribution in [-0.4, -0.2) is 61.0 Å². The Bertz CT molecular complexity index is 1420. The molecule has 2 aromatic carbocycles. The lowest BCUT2D eigenvalue weighted by Gasteiger charge is -2.22. The molecule has 2 aromatic heterocycles. The maximum Gasteiger partial charge on any atom is 0.403 e. The van der Waals surface area contributed by atoms with Crippen LogP contribution in [0.5, 0.6) is 11.5 Å². The monoisotopic (exact) mass is 590 g/mol. The van der Waals surface area contributed by atoms with Crippen LogP contribution in [0.4, 0.5) is 34.6 Å². The van der Waals surface area contributed by atoms with Crippen LogP contribution in [0.25, 0.3) is 0 Å². The van der Waals surface area contributed by atoms with E-state index in [2.05, 4.69) is 54.5 Å². The van der Waals surface area contributed by atoms with Crippen molar-refractivity contribution in [2.24, 2.45) is 48.6 Å². The van der Waals surface area contributed by atoms with Gasteiger partial charge in [0.15, 0.2) is 0 Å². The number of aromatic nitrogens is 6. The molecule has 0 aliphatic rings. The second-order valence-electron chi connectivity index (χ2n) is 10.3. The normalized spacial score (nSPS) is 11.5. The molecule has 0 spiro atoms. The predicted octanol–water partition coefficient (Wildman–Crippen LogP) is 4.39. The van der Waals surface area contributed by atoms with E-state index >= 15 is 0 Å². The third-order valence-corrected chi connectivity index (χ3v) is 7.20. The molecule has 0 aliphatic carbocycles. The fraction of sp³-hybridized carbons (Fsp3) is 0.448. The lowest BCUT2D eigenvalue weighted by atomic mass is 10.2. The van der Waals surface area contributed by atoms with Gasteiger partial charge in [0, 0.05) is 60.9 Å². The summed E-state index contributed by atoms with van der Waals surface area (Å²) in [6.45, 7) is 1.86. The maximum atomic E-state index is 5.60. The minimum Gasteiger partial charge on any atom is -0.494 e. The summed E-state index contributed by atoms with van der Waals surface area (Å²) in [7, 11) is 14.9. The van der Waals surface area contributed by atoms with Gasteiger partial charge < -0.3 is 19.3 Å². The topological polar surface area (TPSA) is 118 Å². The molecule has 0 unspecified atom stereocenters. The Balaban J connectivity index is 1.26. The summed E-state index contributed by atoms with van der Waals surface area (Å²) in [5, 5.41) is 25.8. The molecular formula is C29H42N12O2+2. The summed E-state index contributed by atoms with van der Waals surface area (Å²) >= 11 is 0. The van der Waals surface area contributed by atoms with Crippen molar-refractivity contribution in [1.82, 2.24) is 19.6 Å². The number of aryl methyl sites for hydroxylation is 4. The molecule has 0 bridgehead atoms. The Morgan fingerprint density at radius 3 is 1.44 bits per heavy atom. The highest BCUT2D eigenvalue weighted by Gasteiger charge is 2.15. The van der Waals surface area contributed by atoms with Crippen molar-refractivity contribution in [2.45, 2.75) is 19.3 Å². The Morgan fingerprint density at radius 1 is 0.674 bits per heavy atom. The summed E-state index contributed by atoms with van der Waals surface area (Å²) in [4.78, 5) is 4.47. The van der Waals surface area contributed by atoms with Crippen LogP contribution in [0.15, 0.2) is 69.5 Å². The van der Waals surface area contributed by atoms with Gasteiger partial charge in [-0.15, -0.1) is 9.36 Å². The van der Waals surface area contributed by atoms with E-state index in [0.717, 1.165) is 43.7 Å². The van der Waals surface area contributed by atoms with Crippen LogP contribution in [-0.2, 0) is 28.2 Å². The first-order valence-electron chi connectivity index (χ1n) is 14.1. The van der Waals surface area contributed by atoms with Gasteiger partial charge in [-0.1, -0.05) is 10.2 Å². The molecule has 0 saturated heterocycles. The van der Waals surface area contributed by atoms with Gasteiger partial charge in [0.25, 0.3) is 0 Å². The van der Waals surface area contributed by atoms with Crippen LogP contribution in [0.2, 0.25) is 0 Å². The van der Waals surface area contributed by atoms with E-state index in [4.69, 9.17) is 9.47 Å². The Labute approximate surface area is 252 Å². The molecular weight excluding hydrogens is 548 g/mol. The first-order valence-corrected chi connectivity index (χ1v) is 14.1.